The van der Waals surface area contributed by atoms with Gasteiger partial charge in [-0.1, -0.05) is 13.8 Å². The zero-order chi connectivity index (χ0) is 13.0. The highest BCUT2D eigenvalue weighted by Crippen LogP contribution is 2.18. The number of nitrogens with zero attached hydrogens (tertiary/aromatic N) is 2. The summed E-state index contributed by atoms with van der Waals surface area (Å²) in [6.45, 7) is 4.90. The average Bonchev–Trinajstić information content (AvgIpc) is 2.40. The van der Waals surface area contributed by atoms with E-state index >= 15 is 0 Å². The second-order valence-corrected chi connectivity index (χ2v) is 4.55. The van der Waals surface area contributed by atoms with Crippen LogP contribution in [0.5, 0.6) is 5.75 Å². The Bertz CT molecular complexity index is 462. The van der Waals surface area contributed by atoms with Crippen molar-refractivity contribution in [2.75, 3.05) is 6.61 Å². The van der Waals surface area contributed by atoms with Crippen LogP contribution in [0.15, 0.2) is 34.5 Å². The van der Waals surface area contributed by atoms with E-state index in [1.165, 1.54) is 0 Å². The van der Waals surface area contributed by atoms with Crippen LogP contribution in [0.2, 0.25) is 0 Å². The van der Waals surface area contributed by atoms with Gasteiger partial charge < -0.3 is 10.5 Å². The molecule has 1 aliphatic rings. The van der Waals surface area contributed by atoms with E-state index in [-0.39, 0.29) is 5.92 Å². The lowest BCUT2D eigenvalue weighted by Crippen LogP contribution is -2.26. The van der Waals surface area contributed by atoms with Crippen molar-refractivity contribution in [3.63, 3.8) is 0 Å². The maximum atomic E-state index is 5.72. The van der Waals surface area contributed by atoms with Gasteiger partial charge in [0.05, 0.1) is 12.3 Å². The van der Waals surface area contributed by atoms with E-state index in [2.05, 4.69) is 24.1 Å². The lowest BCUT2D eigenvalue weighted by Gasteiger charge is -2.16. The summed E-state index contributed by atoms with van der Waals surface area (Å²) in [4.78, 5) is 0. The molecule has 0 fully saturated rings. The molecule has 0 aromatic heterocycles. The van der Waals surface area contributed by atoms with Gasteiger partial charge in [0.25, 0.3) is 0 Å². The molecular formula is C14H19N3O. The summed E-state index contributed by atoms with van der Waals surface area (Å²) in [5.74, 6) is 1.77. The summed E-state index contributed by atoms with van der Waals surface area (Å²) in [5, 5.41) is 8.15. The Morgan fingerprint density at radius 3 is 2.61 bits per heavy atom. The van der Waals surface area contributed by atoms with Gasteiger partial charge in [-0.05, 0) is 36.2 Å². The molecule has 0 bridgehead atoms. The van der Waals surface area contributed by atoms with Gasteiger partial charge in [-0.2, -0.15) is 5.10 Å². The van der Waals surface area contributed by atoms with Gasteiger partial charge in [-0.25, -0.2) is 0 Å². The number of ether oxygens (including phenoxy) is 1. The predicted molar refractivity (Wildman–Crippen MR) is 74.2 cm³/mol. The average molecular weight is 245 g/mol. The summed E-state index contributed by atoms with van der Waals surface area (Å²) in [6.07, 6.45) is 1.85. The molecule has 2 rings (SSSR count). The molecule has 1 atom stereocenters. The van der Waals surface area contributed by atoms with Gasteiger partial charge in [0.1, 0.15) is 11.6 Å². The van der Waals surface area contributed by atoms with Crippen molar-refractivity contribution in [1.82, 2.24) is 0 Å². The van der Waals surface area contributed by atoms with E-state index in [0.717, 1.165) is 36.5 Å². The number of hydrogen-bond acceptors (Lipinski definition) is 4. The molecule has 0 radical (unpaired) electrons. The molecule has 4 heteroatoms. The van der Waals surface area contributed by atoms with Crippen LogP contribution < -0.4 is 10.5 Å². The first kappa shape index (κ1) is 12.6. The molecule has 96 valence electrons. The minimum Gasteiger partial charge on any atom is -0.494 e. The second kappa shape index (κ2) is 5.67. The summed E-state index contributed by atoms with van der Waals surface area (Å²) < 4.78 is 5.55. The minimum absolute atomic E-state index is 0.258. The van der Waals surface area contributed by atoms with Crippen molar-refractivity contribution in [2.24, 2.45) is 21.9 Å². The van der Waals surface area contributed by atoms with Crippen molar-refractivity contribution in [2.45, 2.75) is 26.7 Å². The molecule has 0 saturated carbocycles. The van der Waals surface area contributed by atoms with E-state index in [4.69, 9.17) is 10.5 Å². The smallest absolute Gasteiger partial charge is 0.125 e. The van der Waals surface area contributed by atoms with Crippen LogP contribution in [0, 0.1) is 5.92 Å². The molecule has 1 aliphatic heterocycles. The Morgan fingerprint density at radius 1 is 1.28 bits per heavy atom. The molecule has 18 heavy (non-hydrogen) atoms. The summed E-state index contributed by atoms with van der Waals surface area (Å²) in [5.41, 5.74) is 7.79. The fraction of sp³-hybridized carbons (Fsp3) is 0.429. The van der Waals surface area contributed by atoms with E-state index in [0.29, 0.717) is 5.84 Å². The second-order valence-electron chi connectivity index (χ2n) is 4.55. The van der Waals surface area contributed by atoms with Crippen molar-refractivity contribution in [3.8, 4) is 5.75 Å². The van der Waals surface area contributed by atoms with Crippen LogP contribution in [-0.4, -0.2) is 18.2 Å². The summed E-state index contributed by atoms with van der Waals surface area (Å²) in [6, 6.07) is 7.99. The number of nitrogens with two attached hydrogens (primary N) is 1. The normalized spacial score (nSPS) is 19.1. The van der Waals surface area contributed by atoms with Gasteiger partial charge in [0.2, 0.25) is 0 Å². The van der Waals surface area contributed by atoms with E-state index in [9.17, 15) is 0 Å². The first-order valence-corrected chi connectivity index (χ1v) is 6.33. The van der Waals surface area contributed by atoms with Crippen LogP contribution >= 0.6 is 0 Å². The Balaban J connectivity index is 2.10. The number of benzene rings is 1. The van der Waals surface area contributed by atoms with E-state index in [1.807, 2.05) is 24.3 Å². The lowest BCUT2D eigenvalue weighted by molar-refractivity contribution is 0.317. The largest absolute Gasteiger partial charge is 0.494 e. The van der Waals surface area contributed by atoms with Crippen molar-refractivity contribution < 1.29 is 4.74 Å². The summed E-state index contributed by atoms with van der Waals surface area (Å²) in [7, 11) is 0. The van der Waals surface area contributed by atoms with Crippen LogP contribution in [0.3, 0.4) is 0 Å². The Kier molecular flexibility index (Phi) is 3.97. The Hall–Kier alpha value is -1.84. The molecule has 0 aliphatic carbocycles. The van der Waals surface area contributed by atoms with Gasteiger partial charge in [0.15, 0.2) is 0 Å². The lowest BCUT2D eigenvalue weighted by atomic mass is 9.97. The van der Waals surface area contributed by atoms with E-state index in [1.54, 1.807) is 0 Å². The van der Waals surface area contributed by atoms with Gasteiger partial charge in [0, 0.05) is 12.3 Å². The third kappa shape index (κ3) is 2.88. The topological polar surface area (TPSA) is 60.0 Å². The van der Waals surface area contributed by atoms with Gasteiger partial charge in [-0.15, -0.1) is 5.10 Å². The fourth-order valence-corrected chi connectivity index (χ4v) is 1.79. The molecule has 2 N–H and O–H groups in total. The SMILES string of the molecule is CCCOc1ccc(C2=NN=C(N)C(C)C2)cc1. The van der Waals surface area contributed by atoms with E-state index < -0.39 is 0 Å². The van der Waals surface area contributed by atoms with Crippen LogP contribution in [-0.2, 0) is 0 Å². The first-order chi connectivity index (χ1) is 8.70. The monoisotopic (exact) mass is 245 g/mol. The first-order valence-electron chi connectivity index (χ1n) is 6.33. The van der Waals surface area contributed by atoms with Gasteiger partial charge in [-0.3, -0.25) is 0 Å². The molecule has 0 spiro atoms. The highest BCUT2D eigenvalue weighted by Gasteiger charge is 2.17. The quantitative estimate of drug-likeness (QED) is 0.886. The maximum Gasteiger partial charge on any atom is 0.125 e. The molecule has 0 saturated heterocycles. The zero-order valence-electron chi connectivity index (χ0n) is 10.9. The highest BCUT2D eigenvalue weighted by atomic mass is 16.5. The minimum atomic E-state index is 0.258. The Morgan fingerprint density at radius 2 is 2.00 bits per heavy atom. The predicted octanol–water partition coefficient (Wildman–Crippen LogP) is 2.58. The molecular weight excluding hydrogens is 226 g/mol. The number of hydrogen-bond donors (Lipinski definition) is 1. The van der Waals surface area contributed by atoms with Crippen molar-refractivity contribution in [3.05, 3.63) is 29.8 Å². The van der Waals surface area contributed by atoms with Crippen molar-refractivity contribution >= 4 is 11.5 Å². The number of amidine groups is 1. The molecule has 0 amide bonds. The Labute approximate surface area is 108 Å². The summed E-state index contributed by atoms with van der Waals surface area (Å²) >= 11 is 0. The standard InChI is InChI=1S/C14H19N3O/c1-3-8-18-12-6-4-11(5-7-12)13-9-10(2)14(15)17-16-13/h4-7,10H,3,8-9H2,1-2H3,(H2,15,17). The third-order valence-corrected chi connectivity index (χ3v) is 2.95. The van der Waals surface area contributed by atoms with Crippen LogP contribution in [0.4, 0.5) is 0 Å². The number of rotatable bonds is 4. The fourth-order valence-electron chi connectivity index (χ4n) is 1.79. The zero-order valence-corrected chi connectivity index (χ0v) is 10.9. The van der Waals surface area contributed by atoms with Gasteiger partial charge >= 0.3 is 0 Å². The maximum absolute atomic E-state index is 5.72. The molecule has 4 nitrogen and oxygen atoms in total. The molecule has 1 aromatic rings. The van der Waals surface area contributed by atoms with Crippen LogP contribution in [0.25, 0.3) is 0 Å². The highest BCUT2D eigenvalue weighted by molar-refractivity contribution is 6.04. The van der Waals surface area contributed by atoms with Crippen LogP contribution in [0.1, 0.15) is 32.3 Å². The van der Waals surface area contributed by atoms with Crippen molar-refractivity contribution in [1.29, 1.82) is 0 Å². The molecule has 1 unspecified atom stereocenters. The third-order valence-electron chi connectivity index (χ3n) is 2.95. The molecule has 1 aromatic carbocycles. The molecule has 1 heterocycles.